The smallest absolute Gasteiger partial charge is 0.146 e. The maximum Gasteiger partial charge on any atom is 0.146 e. The van der Waals surface area contributed by atoms with Crippen molar-refractivity contribution in [3.8, 4) is 0 Å². The molecule has 0 fully saturated rings. The minimum atomic E-state index is 2.15. The van der Waals surface area contributed by atoms with Crippen molar-refractivity contribution in [3.63, 3.8) is 0 Å². The molecular formula is HN3O2S. The van der Waals surface area contributed by atoms with Gasteiger partial charge in [-0.1, -0.05) is 0 Å². The highest BCUT2D eigenvalue weighted by Crippen LogP contribution is 1.79. The molecule has 0 saturated carbocycles. The van der Waals surface area contributed by atoms with Crippen LogP contribution >= 0.6 is 12.9 Å². The molecule has 0 saturated heterocycles. The van der Waals surface area contributed by atoms with E-state index in [9.17, 15) is 0 Å². The zero-order valence-corrected chi connectivity index (χ0v) is 3.50. The quantitative estimate of drug-likeness (QED) is 0.109. The molecule has 0 aliphatic heterocycles. The fourth-order valence-corrected chi connectivity index (χ4v) is 0.0596. The summed E-state index contributed by atoms with van der Waals surface area (Å²) >= 11 is 3.07. The molecule has 0 heterocycles. The highest BCUT2D eigenvalue weighted by Gasteiger charge is 1.61. The van der Waals surface area contributed by atoms with Gasteiger partial charge in [0.1, 0.15) is 5.28 Å². The van der Waals surface area contributed by atoms with Gasteiger partial charge >= 0.3 is 0 Å². The first-order chi connectivity index (χ1) is 2.91. The summed E-state index contributed by atoms with van der Waals surface area (Å²) in [7, 11) is 0. The standard InChI is InChI=1S/HN3O2S/c1-2-3-4-5-6/h6H. The van der Waals surface area contributed by atoms with Crippen LogP contribution in [0.15, 0.2) is 5.28 Å². The van der Waals surface area contributed by atoms with E-state index in [1.54, 1.807) is 0 Å². The second-order valence-electron chi connectivity index (χ2n) is 0.320. The first-order valence-electron chi connectivity index (χ1n) is 0.932. The second-order valence-corrected chi connectivity index (χ2v) is 0.469. The molecular weight excluding hydrogens is 106 g/mol. The van der Waals surface area contributed by atoms with Crippen molar-refractivity contribution in [1.82, 2.24) is 0 Å². The molecule has 0 aliphatic rings. The van der Waals surface area contributed by atoms with Gasteiger partial charge < -0.3 is 0 Å². The van der Waals surface area contributed by atoms with E-state index in [2.05, 4.69) is 32.4 Å². The van der Waals surface area contributed by atoms with Crippen molar-refractivity contribution in [1.29, 1.82) is 0 Å². The van der Waals surface area contributed by atoms with Gasteiger partial charge in [-0.3, -0.25) is 0 Å². The van der Waals surface area contributed by atoms with Gasteiger partial charge in [0.2, 0.25) is 0 Å². The summed E-state index contributed by atoms with van der Waals surface area (Å²) in [6.07, 6.45) is 0. The van der Waals surface area contributed by atoms with E-state index >= 15 is 0 Å². The third kappa shape index (κ3) is 3.42. The summed E-state index contributed by atoms with van der Waals surface area (Å²) in [5.41, 5.74) is 7.42. The molecule has 0 unspecified atom stereocenters. The lowest BCUT2D eigenvalue weighted by molar-refractivity contribution is -0.191. The average molecular weight is 107 g/mol. The summed E-state index contributed by atoms with van der Waals surface area (Å²) in [6.45, 7) is 0. The van der Waals surface area contributed by atoms with Crippen LogP contribution in [-0.4, -0.2) is 0 Å². The van der Waals surface area contributed by atoms with Gasteiger partial charge in [-0.25, -0.2) is 4.99 Å². The van der Waals surface area contributed by atoms with E-state index in [0.717, 1.165) is 0 Å². The summed E-state index contributed by atoms with van der Waals surface area (Å²) in [6, 6.07) is 0. The number of azide groups is 1. The van der Waals surface area contributed by atoms with Gasteiger partial charge in [0.25, 0.3) is 0 Å². The topological polar surface area (TPSA) is 67.2 Å². The Balaban J connectivity index is 2.86. The number of thiol groups is 1. The fraction of sp³-hybridized carbons (Fsp3) is 0. The Hall–Kier alpha value is -0.580. The zero-order chi connectivity index (χ0) is 4.83. The van der Waals surface area contributed by atoms with Crippen molar-refractivity contribution in [2.45, 2.75) is 0 Å². The molecule has 0 radical (unpaired) electrons. The van der Waals surface area contributed by atoms with Crippen molar-refractivity contribution < 1.29 is 9.32 Å². The van der Waals surface area contributed by atoms with E-state index in [1.807, 2.05) is 0 Å². The van der Waals surface area contributed by atoms with E-state index in [1.165, 1.54) is 0 Å². The highest BCUT2D eigenvalue weighted by atomic mass is 32.1. The summed E-state index contributed by atoms with van der Waals surface area (Å²) in [5.74, 6) is 0. The van der Waals surface area contributed by atoms with Crippen LogP contribution in [0.25, 0.3) is 10.4 Å². The predicted molar refractivity (Wildman–Crippen MR) is 20.3 cm³/mol. The summed E-state index contributed by atoms with van der Waals surface area (Å²) < 4.78 is 3.56. The molecule has 6 heavy (non-hydrogen) atoms. The molecule has 6 heteroatoms. The first kappa shape index (κ1) is 5.42. The Morgan fingerprint density at radius 3 is 2.67 bits per heavy atom. The van der Waals surface area contributed by atoms with Gasteiger partial charge in [-0.2, -0.15) is 0 Å². The van der Waals surface area contributed by atoms with Crippen LogP contribution in [0, 0.1) is 0 Å². The third-order valence-corrected chi connectivity index (χ3v) is 0.170. The molecule has 0 spiro atoms. The molecule has 0 N–H and O–H groups in total. The second kappa shape index (κ2) is 4.42. The van der Waals surface area contributed by atoms with E-state index in [4.69, 9.17) is 5.53 Å². The molecule has 0 bridgehead atoms. The number of nitrogens with zero attached hydrogens (tertiary/aromatic N) is 3. The maximum absolute atomic E-state index is 7.42. The van der Waals surface area contributed by atoms with Crippen LogP contribution in [0.2, 0.25) is 0 Å². The van der Waals surface area contributed by atoms with Crippen molar-refractivity contribution >= 4 is 12.9 Å². The van der Waals surface area contributed by atoms with E-state index < -0.39 is 0 Å². The number of hydrogen-bond donors (Lipinski definition) is 1. The van der Waals surface area contributed by atoms with Gasteiger partial charge in [0.05, 0.1) is 0 Å². The number of hydrogen-bond acceptors (Lipinski definition) is 4. The van der Waals surface area contributed by atoms with Gasteiger partial charge in [0, 0.05) is 17.8 Å². The lowest BCUT2D eigenvalue weighted by Crippen LogP contribution is -1.63. The molecule has 34 valence electrons. The SMILES string of the molecule is [N-]=[N+]=NOOS. The minimum Gasteiger partial charge on any atom is -0.245 e. The third-order valence-electron chi connectivity index (χ3n) is 0.103. The largest absolute Gasteiger partial charge is 0.245 e. The van der Waals surface area contributed by atoms with Crippen LogP contribution in [0.5, 0.6) is 0 Å². The molecule has 0 aromatic heterocycles. The lowest BCUT2D eigenvalue weighted by Gasteiger charge is -1.77. The number of rotatable bonds is 2. The van der Waals surface area contributed by atoms with Gasteiger partial charge in [-0.05, 0) is 5.53 Å². The lowest BCUT2D eigenvalue weighted by atomic mass is 12.9. The van der Waals surface area contributed by atoms with Gasteiger partial charge in [0.15, 0.2) is 0 Å². The zero-order valence-electron chi connectivity index (χ0n) is 2.61. The monoisotopic (exact) mass is 107 g/mol. The fourth-order valence-electron chi connectivity index (χ4n) is 0.0298. The molecule has 0 rings (SSSR count). The molecule has 5 nitrogen and oxygen atoms in total. The molecule has 0 atom stereocenters. The minimum absolute atomic E-state index is 2.15. The van der Waals surface area contributed by atoms with Crippen molar-refractivity contribution in [2.75, 3.05) is 0 Å². The Bertz CT molecular complexity index is 65.2. The Morgan fingerprint density at radius 1 is 1.83 bits per heavy atom. The molecule has 0 amide bonds. The summed E-state index contributed by atoms with van der Waals surface area (Å²) in [5, 5.41) is 2.47. The Morgan fingerprint density at radius 2 is 2.50 bits per heavy atom. The Kier molecular flexibility index (Phi) is 3.99. The normalized spacial score (nSPS) is 6.17. The van der Waals surface area contributed by atoms with Crippen molar-refractivity contribution in [2.24, 2.45) is 5.28 Å². The molecule has 0 aromatic rings. The van der Waals surface area contributed by atoms with Crippen LogP contribution in [0.3, 0.4) is 0 Å². The van der Waals surface area contributed by atoms with E-state index in [0.29, 0.717) is 0 Å². The molecule has 0 aromatic carbocycles. The maximum atomic E-state index is 7.42. The van der Waals surface area contributed by atoms with Crippen molar-refractivity contribution in [3.05, 3.63) is 10.4 Å². The average Bonchev–Trinajstić information content (AvgIpc) is 1.61. The van der Waals surface area contributed by atoms with Gasteiger partial charge in [-0.15, -0.1) is 4.33 Å². The summed E-state index contributed by atoms with van der Waals surface area (Å²) in [4.78, 5) is 5.71. The first-order valence-corrected chi connectivity index (χ1v) is 1.30. The Labute approximate surface area is 39.0 Å². The van der Waals surface area contributed by atoms with Crippen LogP contribution in [0.1, 0.15) is 0 Å². The highest BCUT2D eigenvalue weighted by molar-refractivity contribution is 7.74. The van der Waals surface area contributed by atoms with Crippen LogP contribution < -0.4 is 0 Å². The predicted octanol–water partition coefficient (Wildman–Crippen LogP) is 1.00. The molecule has 0 aliphatic carbocycles. The van der Waals surface area contributed by atoms with E-state index in [-0.39, 0.29) is 0 Å². The van der Waals surface area contributed by atoms with Crippen LogP contribution in [-0.2, 0) is 9.32 Å². The van der Waals surface area contributed by atoms with Crippen LogP contribution in [0.4, 0.5) is 0 Å².